The topological polar surface area (TPSA) is 40.1 Å². The minimum atomic E-state index is -1.16. The molecular formula is C43H79NO2. The average molecular weight is 642 g/mol. The molecule has 0 aromatic heterocycles. The number of carbonyl (C=O) groups excluding carboxylic acids is 1. The van der Waals surface area contributed by atoms with Gasteiger partial charge in [-0.2, -0.15) is 0 Å². The molecule has 3 nitrogen and oxygen atoms in total. The van der Waals surface area contributed by atoms with Gasteiger partial charge in [0.25, 0.3) is 0 Å². The van der Waals surface area contributed by atoms with Crippen LogP contribution < -0.4 is 5.11 Å². The summed E-state index contributed by atoms with van der Waals surface area (Å²) in [7, 11) is 4.93. The largest absolute Gasteiger partial charge is 0.545 e. The second-order valence-electron chi connectivity index (χ2n) is 14.7. The summed E-state index contributed by atoms with van der Waals surface area (Å²) in [4.78, 5) is 10.3. The fourth-order valence-electron chi connectivity index (χ4n) is 6.37. The predicted octanol–water partition coefficient (Wildman–Crippen LogP) is 12.7. The zero-order valence-electron chi connectivity index (χ0n) is 31.6. The Balaban J connectivity index is 0.00000153. The van der Waals surface area contributed by atoms with Crippen LogP contribution in [0.2, 0.25) is 0 Å². The summed E-state index contributed by atoms with van der Waals surface area (Å²) < 4.78 is 1.25. The van der Waals surface area contributed by atoms with Gasteiger partial charge in [0, 0.05) is 0 Å². The normalized spacial score (nSPS) is 11.3. The Bertz CT molecular complexity index is 768. The van der Waals surface area contributed by atoms with Crippen molar-refractivity contribution in [3.8, 4) is 0 Å². The number of carbonyl (C=O) groups is 1. The summed E-state index contributed by atoms with van der Waals surface area (Å²) in [6.07, 6.45) is 42.5. The molecule has 1 aromatic carbocycles. The molecule has 0 aliphatic carbocycles. The van der Waals surface area contributed by atoms with Crippen LogP contribution in [0.1, 0.15) is 210 Å². The Hall–Kier alpha value is -1.61. The Morgan fingerprint density at radius 3 is 1.15 bits per heavy atom. The zero-order chi connectivity index (χ0) is 34.0. The van der Waals surface area contributed by atoms with Crippen molar-refractivity contribution < 1.29 is 14.4 Å². The maximum atomic E-state index is 10.3. The van der Waals surface area contributed by atoms with E-state index in [1.54, 1.807) is 18.2 Å². The molecule has 46 heavy (non-hydrogen) atoms. The van der Waals surface area contributed by atoms with Gasteiger partial charge >= 0.3 is 0 Å². The highest BCUT2D eigenvalue weighted by molar-refractivity contribution is 5.86. The van der Waals surface area contributed by atoms with E-state index < -0.39 is 5.97 Å². The minimum absolute atomic E-state index is 0.183. The molecule has 0 atom stereocenters. The molecule has 0 unspecified atom stereocenters. The maximum absolute atomic E-state index is 10.3. The van der Waals surface area contributed by atoms with Gasteiger partial charge in [-0.3, -0.25) is 0 Å². The van der Waals surface area contributed by atoms with E-state index in [1.807, 2.05) is 0 Å². The summed E-state index contributed by atoms with van der Waals surface area (Å²) in [6.45, 7) is 10.9. The molecule has 0 bridgehead atoms. The van der Waals surface area contributed by atoms with Gasteiger partial charge in [-0.25, -0.2) is 0 Å². The summed E-state index contributed by atoms with van der Waals surface area (Å²) in [6, 6.07) is 6.44. The monoisotopic (exact) mass is 642 g/mol. The fourth-order valence-corrected chi connectivity index (χ4v) is 6.37. The standard InChI is InChI=1S/C34H72N.C9H8O2/c1-5-7-9-11-13-15-17-19-21-23-25-27-29-31-33-35(3,4)34-32-30-28-26-24-22-20-18-16-14-12-10-8-6-2;1-2-7-4-3-5-8(6-7)9(10)11/h5-34H2,1-4H3;2-6H,1H2,(H,10,11)/q+1;/p-1. The van der Waals surface area contributed by atoms with Gasteiger partial charge < -0.3 is 14.4 Å². The van der Waals surface area contributed by atoms with E-state index in [4.69, 9.17) is 0 Å². The van der Waals surface area contributed by atoms with Crippen LogP contribution >= 0.6 is 0 Å². The molecule has 0 heterocycles. The highest BCUT2D eigenvalue weighted by Crippen LogP contribution is 2.16. The van der Waals surface area contributed by atoms with Crippen molar-refractivity contribution in [3.05, 3.63) is 42.0 Å². The van der Waals surface area contributed by atoms with E-state index in [0.717, 1.165) is 5.56 Å². The molecule has 0 aliphatic rings. The van der Waals surface area contributed by atoms with Crippen LogP contribution in [0, 0.1) is 0 Å². The highest BCUT2D eigenvalue weighted by Gasteiger charge is 2.13. The molecular weight excluding hydrogens is 562 g/mol. The number of nitrogens with zero attached hydrogens (tertiary/aromatic N) is 1. The van der Waals surface area contributed by atoms with Crippen molar-refractivity contribution in [3.63, 3.8) is 0 Å². The number of benzene rings is 1. The van der Waals surface area contributed by atoms with Gasteiger partial charge in [-0.1, -0.05) is 199 Å². The average Bonchev–Trinajstić information content (AvgIpc) is 3.05. The van der Waals surface area contributed by atoms with Gasteiger partial charge in [0.2, 0.25) is 0 Å². The highest BCUT2D eigenvalue weighted by atomic mass is 16.4. The van der Waals surface area contributed by atoms with Gasteiger partial charge in [0.05, 0.1) is 33.2 Å². The van der Waals surface area contributed by atoms with Crippen molar-refractivity contribution in [2.45, 2.75) is 194 Å². The van der Waals surface area contributed by atoms with Crippen LogP contribution in [0.5, 0.6) is 0 Å². The zero-order valence-corrected chi connectivity index (χ0v) is 31.6. The summed E-state index contributed by atoms with van der Waals surface area (Å²) in [5.41, 5.74) is 0.967. The minimum Gasteiger partial charge on any atom is -0.545 e. The van der Waals surface area contributed by atoms with Crippen molar-refractivity contribution in [2.24, 2.45) is 0 Å². The van der Waals surface area contributed by atoms with Crippen molar-refractivity contribution >= 4 is 12.0 Å². The smallest absolute Gasteiger partial charge is 0.0782 e. The Morgan fingerprint density at radius 1 is 0.565 bits per heavy atom. The summed E-state index contributed by atoms with van der Waals surface area (Å²) >= 11 is 0. The van der Waals surface area contributed by atoms with E-state index in [1.165, 1.54) is 209 Å². The Kier molecular flexibility index (Phi) is 32.1. The summed E-state index contributed by atoms with van der Waals surface area (Å²) in [5.74, 6) is -1.16. The van der Waals surface area contributed by atoms with Crippen molar-refractivity contribution in [2.75, 3.05) is 27.2 Å². The van der Waals surface area contributed by atoms with Crippen LogP contribution in [0.3, 0.4) is 0 Å². The lowest BCUT2D eigenvalue weighted by Gasteiger charge is -2.30. The molecule has 0 saturated carbocycles. The van der Waals surface area contributed by atoms with E-state index in [2.05, 4.69) is 34.5 Å². The van der Waals surface area contributed by atoms with E-state index in [0.29, 0.717) is 0 Å². The SMILES string of the molecule is C=Cc1cccc(C(=O)[O-])c1.CCCCCCCCCCCCCCCC[N+](C)(C)CCCCCCCCCCCCCCCC. The summed E-state index contributed by atoms with van der Waals surface area (Å²) in [5, 5.41) is 10.3. The fraction of sp³-hybridized carbons (Fsp3) is 0.791. The first-order valence-electron chi connectivity index (χ1n) is 20.1. The molecule has 0 radical (unpaired) electrons. The van der Waals surface area contributed by atoms with Crippen molar-refractivity contribution in [1.29, 1.82) is 0 Å². The Labute approximate surface area is 288 Å². The molecule has 1 aromatic rings. The number of hydrogen-bond donors (Lipinski definition) is 0. The van der Waals surface area contributed by atoms with Crippen LogP contribution in [0.4, 0.5) is 0 Å². The molecule has 0 fully saturated rings. The van der Waals surface area contributed by atoms with Crippen LogP contribution in [0.25, 0.3) is 6.08 Å². The van der Waals surface area contributed by atoms with Crippen LogP contribution in [0.15, 0.2) is 30.8 Å². The maximum Gasteiger partial charge on any atom is 0.0782 e. The molecule has 0 spiro atoms. The van der Waals surface area contributed by atoms with Gasteiger partial charge in [-0.05, 0) is 42.9 Å². The van der Waals surface area contributed by atoms with Crippen LogP contribution in [-0.2, 0) is 0 Å². The van der Waals surface area contributed by atoms with E-state index in [-0.39, 0.29) is 5.56 Å². The van der Waals surface area contributed by atoms with E-state index >= 15 is 0 Å². The molecule has 0 saturated heterocycles. The number of rotatable bonds is 32. The third kappa shape index (κ3) is 31.0. The Morgan fingerprint density at radius 2 is 0.870 bits per heavy atom. The number of carboxylic acid groups (broad SMARTS) is 1. The number of quaternary nitrogens is 1. The molecule has 3 heteroatoms. The molecule has 0 amide bonds. The van der Waals surface area contributed by atoms with Gasteiger partial charge in [0.1, 0.15) is 0 Å². The van der Waals surface area contributed by atoms with Gasteiger partial charge in [0.15, 0.2) is 0 Å². The molecule has 0 aliphatic heterocycles. The first-order valence-corrected chi connectivity index (χ1v) is 20.1. The van der Waals surface area contributed by atoms with Crippen molar-refractivity contribution in [1.82, 2.24) is 0 Å². The lowest BCUT2D eigenvalue weighted by molar-refractivity contribution is -0.890. The second kappa shape index (κ2) is 33.3. The van der Waals surface area contributed by atoms with Gasteiger partial charge in [-0.15, -0.1) is 0 Å². The predicted molar refractivity (Wildman–Crippen MR) is 203 cm³/mol. The third-order valence-electron chi connectivity index (χ3n) is 9.59. The third-order valence-corrected chi connectivity index (χ3v) is 9.59. The lowest BCUT2D eigenvalue weighted by Crippen LogP contribution is -2.41. The number of unbranched alkanes of at least 4 members (excludes halogenated alkanes) is 26. The van der Waals surface area contributed by atoms with E-state index in [9.17, 15) is 9.90 Å². The number of aromatic carboxylic acids is 1. The number of carboxylic acids is 1. The first-order chi connectivity index (χ1) is 22.4. The molecule has 1 rings (SSSR count). The molecule has 268 valence electrons. The first kappa shape index (κ1) is 44.4. The second-order valence-corrected chi connectivity index (χ2v) is 14.7. The molecule has 0 N–H and O–H groups in total. The van der Waals surface area contributed by atoms with Crippen LogP contribution in [-0.4, -0.2) is 37.6 Å². The quantitative estimate of drug-likeness (QED) is 0.0580. The number of hydrogen-bond acceptors (Lipinski definition) is 2. The lowest BCUT2D eigenvalue weighted by atomic mass is 10.0.